The molecule has 0 aliphatic rings. The molecule has 2 aromatic carbocycles. The molecule has 4 amide bonds. The average molecular weight is 553 g/mol. The Bertz CT molecular complexity index is 1360. The van der Waals surface area contributed by atoms with Crippen molar-refractivity contribution in [2.45, 2.75) is 43.4 Å². The van der Waals surface area contributed by atoms with E-state index in [1.54, 1.807) is 42.6 Å². The monoisotopic (exact) mass is 552 g/mol. The van der Waals surface area contributed by atoms with E-state index >= 15 is 0 Å². The van der Waals surface area contributed by atoms with Crippen molar-refractivity contribution in [3.05, 3.63) is 71.9 Å². The number of H-pyrrole nitrogens is 1. The lowest BCUT2D eigenvalue weighted by Gasteiger charge is -2.24. The molecule has 0 fully saturated rings. The molecule has 0 spiro atoms. The quantitative estimate of drug-likeness (QED) is 0.119. The van der Waals surface area contributed by atoms with Gasteiger partial charge in [-0.1, -0.05) is 48.5 Å². The number of carboxylic acid groups (broad SMARTS) is 1. The number of benzene rings is 2. The normalized spacial score (nSPS) is 13.9. The number of carboxylic acids is 1. The van der Waals surface area contributed by atoms with Crippen LogP contribution < -0.4 is 27.4 Å². The summed E-state index contributed by atoms with van der Waals surface area (Å²) >= 11 is 0. The van der Waals surface area contributed by atoms with Crippen LogP contribution in [0.5, 0.6) is 0 Å². The molecule has 0 aliphatic heterocycles. The Morgan fingerprint density at radius 2 is 1.40 bits per heavy atom. The zero-order valence-corrected chi connectivity index (χ0v) is 21.5. The molecular formula is C27H32N6O7. The number of rotatable bonds is 14. The molecule has 1 aromatic heterocycles. The first kappa shape index (κ1) is 29.8. The summed E-state index contributed by atoms with van der Waals surface area (Å²) in [4.78, 5) is 64.7. The van der Waals surface area contributed by atoms with Crippen molar-refractivity contribution in [3.8, 4) is 0 Å². The molecule has 10 N–H and O–H groups in total. The number of aromatic amines is 1. The Kier molecular flexibility index (Phi) is 10.3. The van der Waals surface area contributed by atoms with E-state index in [1.807, 2.05) is 18.2 Å². The van der Waals surface area contributed by atoms with E-state index in [-0.39, 0.29) is 12.8 Å². The van der Waals surface area contributed by atoms with Gasteiger partial charge in [-0.2, -0.15) is 0 Å². The second kappa shape index (κ2) is 13.9. The first-order chi connectivity index (χ1) is 19.1. The zero-order chi connectivity index (χ0) is 29.2. The smallest absolute Gasteiger partial charge is 0.326 e. The third-order valence-corrected chi connectivity index (χ3v) is 6.20. The third-order valence-electron chi connectivity index (χ3n) is 6.20. The highest BCUT2D eigenvalue weighted by Gasteiger charge is 2.31. The minimum atomic E-state index is -1.52. The molecule has 0 saturated carbocycles. The van der Waals surface area contributed by atoms with Crippen molar-refractivity contribution in [1.82, 2.24) is 20.9 Å². The number of carbonyl (C=O) groups is 5. The number of carbonyl (C=O) groups excluding carboxylic acids is 4. The van der Waals surface area contributed by atoms with Crippen molar-refractivity contribution in [3.63, 3.8) is 0 Å². The van der Waals surface area contributed by atoms with Crippen molar-refractivity contribution < 1.29 is 34.2 Å². The number of hydrogen-bond donors (Lipinski definition) is 8. The van der Waals surface area contributed by atoms with Gasteiger partial charge in [0.25, 0.3) is 0 Å². The second-order valence-corrected chi connectivity index (χ2v) is 9.23. The maximum absolute atomic E-state index is 13.2. The maximum atomic E-state index is 13.2. The highest BCUT2D eigenvalue weighted by atomic mass is 16.4. The predicted molar refractivity (Wildman–Crippen MR) is 144 cm³/mol. The van der Waals surface area contributed by atoms with Crippen LogP contribution in [0.25, 0.3) is 10.9 Å². The van der Waals surface area contributed by atoms with Gasteiger partial charge in [0, 0.05) is 29.9 Å². The van der Waals surface area contributed by atoms with Crippen LogP contribution in [-0.4, -0.2) is 75.6 Å². The molecule has 40 heavy (non-hydrogen) atoms. The van der Waals surface area contributed by atoms with Crippen LogP contribution in [-0.2, 0) is 36.8 Å². The largest absolute Gasteiger partial charge is 0.480 e. The van der Waals surface area contributed by atoms with Crippen molar-refractivity contribution in [1.29, 1.82) is 0 Å². The van der Waals surface area contributed by atoms with E-state index in [1.165, 1.54) is 0 Å². The van der Waals surface area contributed by atoms with Crippen molar-refractivity contribution in [2.24, 2.45) is 11.5 Å². The number of para-hydroxylation sites is 1. The number of nitrogens with one attached hydrogen (secondary N) is 4. The molecule has 13 nitrogen and oxygen atoms in total. The first-order valence-corrected chi connectivity index (χ1v) is 12.5. The zero-order valence-electron chi connectivity index (χ0n) is 21.5. The number of aliphatic hydroxyl groups is 1. The molecule has 212 valence electrons. The van der Waals surface area contributed by atoms with Gasteiger partial charge in [-0.3, -0.25) is 19.2 Å². The fraction of sp³-hybridized carbons (Fsp3) is 0.296. The van der Waals surface area contributed by atoms with Gasteiger partial charge >= 0.3 is 5.97 Å². The van der Waals surface area contributed by atoms with Gasteiger partial charge in [-0.15, -0.1) is 0 Å². The summed E-state index contributed by atoms with van der Waals surface area (Å²) in [6.45, 7) is -0.843. The van der Waals surface area contributed by atoms with Gasteiger partial charge in [-0.05, 0) is 17.2 Å². The summed E-state index contributed by atoms with van der Waals surface area (Å²) < 4.78 is 0. The molecule has 13 heteroatoms. The standard InChI is InChI=1S/C27H32N6O7/c28-18(12-23(29)35)24(36)31-20(10-15-6-2-1-3-7-15)25(37)33-22(14-34)26(38)32-21(27(39)40)11-16-13-30-19-9-5-4-8-17(16)19/h1-9,13,18,20-22,30,34H,10-12,14,28H2,(H2,29,35)(H,31,36)(H,32,38)(H,33,37)(H,39,40). The lowest BCUT2D eigenvalue weighted by Crippen LogP contribution is -2.58. The minimum Gasteiger partial charge on any atom is -0.480 e. The van der Waals surface area contributed by atoms with Crippen LogP contribution in [0.15, 0.2) is 60.8 Å². The lowest BCUT2D eigenvalue weighted by molar-refractivity contribution is -0.142. The first-order valence-electron chi connectivity index (χ1n) is 12.5. The minimum absolute atomic E-state index is 0.000211. The Morgan fingerprint density at radius 1 is 0.800 bits per heavy atom. The molecule has 1 heterocycles. The van der Waals surface area contributed by atoms with Gasteiger partial charge < -0.3 is 42.6 Å². The Labute approximate surface area is 229 Å². The molecule has 0 bridgehead atoms. The number of fused-ring (bicyclic) bond motifs is 1. The van der Waals surface area contributed by atoms with E-state index in [4.69, 9.17) is 11.5 Å². The molecule has 4 atom stereocenters. The summed E-state index contributed by atoms with van der Waals surface area (Å²) in [7, 11) is 0. The summed E-state index contributed by atoms with van der Waals surface area (Å²) in [5.74, 6) is -4.69. The van der Waals surface area contributed by atoms with Crippen molar-refractivity contribution >= 4 is 40.5 Å². The number of primary amides is 1. The SMILES string of the molecule is NC(=O)CC(N)C(=O)NC(Cc1ccccc1)C(=O)NC(CO)C(=O)NC(Cc1c[nH]c2ccccc12)C(=O)O. The number of hydrogen-bond acceptors (Lipinski definition) is 7. The topological polar surface area (TPSA) is 230 Å². The highest BCUT2D eigenvalue weighted by molar-refractivity contribution is 5.95. The predicted octanol–water partition coefficient (Wildman–Crippen LogP) is -1.31. The fourth-order valence-electron chi connectivity index (χ4n) is 4.11. The van der Waals surface area contributed by atoms with E-state index in [0.717, 1.165) is 10.9 Å². The molecule has 3 aromatic rings. The highest BCUT2D eigenvalue weighted by Crippen LogP contribution is 2.19. The van der Waals surface area contributed by atoms with Gasteiger partial charge in [0.15, 0.2) is 0 Å². The molecule has 0 saturated heterocycles. The van der Waals surface area contributed by atoms with Gasteiger partial charge in [0.1, 0.15) is 18.1 Å². The average Bonchev–Trinajstić information content (AvgIpc) is 3.33. The summed E-state index contributed by atoms with van der Waals surface area (Å²) in [5, 5.41) is 27.5. The molecule has 0 radical (unpaired) electrons. The molecular weight excluding hydrogens is 520 g/mol. The maximum Gasteiger partial charge on any atom is 0.326 e. The molecule has 4 unspecified atom stereocenters. The Balaban J connectivity index is 1.72. The van der Waals surface area contributed by atoms with Crippen LogP contribution in [0.3, 0.4) is 0 Å². The van der Waals surface area contributed by atoms with E-state index in [9.17, 15) is 34.2 Å². The number of amides is 4. The van der Waals surface area contributed by atoms with E-state index in [2.05, 4.69) is 20.9 Å². The van der Waals surface area contributed by atoms with Crippen LogP contribution >= 0.6 is 0 Å². The fourth-order valence-corrected chi connectivity index (χ4v) is 4.11. The van der Waals surface area contributed by atoms with Gasteiger partial charge in [-0.25, -0.2) is 4.79 Å². The van der Waals surface area contributed by atoms with Crippen molar-refractivity contribution in [2.75, 3.05) is 6.61 Å². The number of nitrogens with two attached hydrogens (primary N) is 2. The molecule has 0 aliphatic carbocycles. The van der Waals surface area contributed by atoms with Gasteiger partial charge in [0.2, 0.25) is 23.6 Å². The van der Waals surface area contributed by atoms with Crippen LogP contribution in [0.2, 0.25) is 0 Å². The van der Waals surface area contributed by atoms with Gasteiger partial charge in [0.05, 0.1) is 19.1 Å². The Hall–Kier alpha value is -4.75. The summed E-state index contributed by atoms with van der Waals surface area (Å²) in [6, 6.07) is 10.5. The lowest BCUT2D eigenvalue weighted by atomic mass is 10.0. The number of aliphatic hydroxyl groups excluding tert-OH is 1. The van der Waals surface area contributed by atoms with Crippen LogP contribution in [0.1, 0.15) is 17.5 Å². The second-order valence-electron chi connectivity index (χ2n) is 9.23. The van der Waals surface area contributed by atoms with E-state index < -0.39 is 66.8 Å². The molecule has 3 rings (SSSR count). The van der Waals surface area contributed by atoms with E-state index in [0.29, 0.717) is 11.1 Å². The third kappa shape index (κ3) is 8.12. The number of aliphatic carboxylic acids is 1. The van der Waals surface area contributed by atoms with Crippen LogP contribution in [0, 0.1) is 0 Å². The van der Waals surface area contributed by atoms with Crippen LogP contribution in [0.4, 0.5) is 0 Å². The number of aromatic nitrogens is 1. The Morgan fingerprint density at radius 3 is 2.05 bits per heavy atom. The summed E-state index contributed by atoms with van der Waals surface area (Å²) in [5.41, 5.74) is 12.9. The summed E-state index contributed by atoms with van der Waals surface area (Å²) in [6.07, 6.45) is 1.15.